The van der Waals surface area contributed by atoms with E-state index in [2.05, 4.69) is 34.2 Å². The second-order valence-corrected chi connectivity index (χ2v) is 11.9. The third-order valence-corrected chi connectivity index (χ3v) is 7.63. The molecule has 1 amide bonds. The molecule has 9 heteroatoms. The van der Waals surface area contributed by atoms with Gasteiger partial charge in [0.25, 0.3) is 0 Å². The Kier molecular flexibility index (Phi) is 7.72. The van der Waals surface area contributed by atoms with Gasteiger partial charge in [-0.1, -0.05) is 12.1 Å². The van der Waals surface area contributed by atoms with E-state index in [0.717, 1.165) is 72.3 Å². The molecular formula is C30H38B2N4O3. The van der Waals surface area contributed by atoms with Crippen molar-refractivity contribution in [2.45, 2.75) is 64.0 Å². The summed E-state index contributed by atoms with van der Waals surface area (Å²) >= 11 is 0. The number of aromatic nitrogens is 2. The number of anilines is 1. The van der Waals surface area contributed by atoms with Gasteiger partial charge in [-0.25, -0.2) is 9.78 Å². The zero-order valence-corrected chi connectivity index (χ0v) is 23.8. The number of hydrogen-bond acceptors (Lipinski definition) is 6. The van der Waals surface area contributed by atoms with Crippen LogP contribution in [-0.2, 0) is 9.47 Å². The Morgan fingerprint density at radius 3 is 2.41 bits per heavy atom. The summed E-state index contributed by atoms with van der Waals surface area (Å²) in [5.74, 6) is 0.904. The highest BCUT2D eigenvalue weighted by Gasteiger charge is 2.35. The summed E-state index contributed by atoms with van der Waals surface area (Å²) in [6.07, 6.45) is 5.44. The molecule has 0 bridgehead atoms. The van der Waals surface area contributed by atoms with Crippen molar-refractivity contribution < 1.29 is 14.3 Å². The minimum Gasteiger partial charge on any atom is -0.444 e. The molecule has 0 saturated carbocycles. The van der Waals surface area contributed by atoms with Crippen molar-refractivity contribution in [2.24, 2.45) is 0 Å². The van der Waals surface area contributed by atoms with Crippen LogP contribution < -0.4 is 16.9 Å². The second kappa shape index (κ2) is 11.0. The largest absolute Gasteiger partial charge is 0.444 e. The number of amides is 1. The van der Waals surface area contributed by atoms with Gasteiger partial charge < -0.3 is 20.1 Å². The lowest BCUT2D eigenvalue weighted by atomic mass is 9.83. The maximum atomic E-state index is 13.2. The molecule has 2 aliphatic rings. The third kappa shape index (κ3) is 6.14. The first kappa shape index (κ1) is 27.3. The fourth-order valence-corrected chi connectivity index (χ4v) is 5.91. The molecule has 2 fully saturated rings. The van der Waals surface area contributed by atoms with E-state index >= 15 is 0 Å². The molecule has 2 aromatic heterocycles. The molecule has 1 aromatic carbocycles. The van der Waals surface area contributed by atoms with Gasteiger partial charge in [0.15, 0.2) is 15.7 Å². The van der Waals surface area contributed by atoms with Gasteiger partial charge in [0.05, 0.1) is 6.04 Å². The van der Waals surface area contributed by atoms with Crippen molar-refractivity contribution in [1.29, 1.82) is 0 Å². The first-order valence-electron chi connectivity index (χ1n) is 14.0. The van der Waals surface area contributed by atoms with Crippen molar-refractivity contribution in [1.82, 2.24) is 14.9 Å². The molecule has 3 aromatic rings. The van der Waals surface area contributed by atoms with Gasteiger partial charge in [-0.15, -0.1) is 0 Å². The molecule has 0 spiro atoms. The van der Waals surface area contributed by atoms with Gasteiger partial charge in [-0.2, -0.15) is 0 Å². The number of nitrogen functional groups attached to an aromatic ring is 1. The molecule has 4 heterocycles. The van der Waals surface area contributed by atoms with Crippen molar-refractivity contribution in [2.75, 3.05) is 25.5 Å². The monoisotopic (exact) mass is 524 g/mol. The number of nitrogens with two attached hydrogens (primary N) is 1. The summed E-state index contributed by atoms with van der Waals surface area (Å²) in [6.45, 7) is 7.99. The van der Waals surface area contributed by atoms with Crippen LogP contribution in [0.1, 0.15) is 69.5 Å². The lowest BCUT2D eigenvalue weighted by Gasteiger charge is -2.32. The number of ether oxygens (including phenoxy) is 2. The van der Waals surface area contributed by atoms with Gasteiger partial charge in [-0.05, 0) is 110 Å². The SMILES string of the molecule is Bc1cc(-c2cc(-c3ccc(C4CCOCC4)c([C@@H]4CCCN4C(=O)OC(C)(C)C)c3)cnc2N)cc(B)n1. The van der Waals surface area contributed by atoms with E-state index in [-0.39, 0.29) is 12.1 Å². The van der Waals surface area contributed by atoms with Crippen LogP contribution in [0.25, 0.3) is 22.3 Å². The van der Waals surface area contributed by atoms with E-state index in [9.17, 15) is 4.79 Å². The average molecular weight is 524 g/mol. The minimum atomic E-state index is -0.536. The van der Waals surface area contributed by atoms with Crippen LogP contribution in [0.5, 0.6) is 0 Å². The standard InChI is InChI=1S/C30H38B2N4O3/c1-30(2,3)39-29(37)36-10-4-5-25(36)24-13-19(6-7-22(24)18-8-11-38-12-9-18)21-14-23(28(33)34-17-21)20-15-26(31)35-27(32)16-20/h6-7,13-18,25H,4-5,8-12,31-32H2,1-3H3,(H2,33,34)/t25-/m0/s1. The van der Waals surface area contributed by atoms with Crippen molar-refractivity contribution >= 4 is 38.8 Å². The molecule has 1 atom stereocenters. The fraction of sp³-hybridized carbons (Fsp3) is 0.433. The fourth-order valence-electron chi connectivity index (χ4n) is 5.91. The van der Waals surface area contributed by atoms with Gasteiger partial charge >= 0.3 is 6.09 Å². The van der Waals surface area contributed by atoms with Crippen LogP contribution in [0.4, 0.5) is 10.6 Å². The van der Waals surface area contributed by atoms with Crippen LogP contribution in [0.3, 0.4) is 0 Å². The highest BCUT2D eigenvalue weighted by molar-refractivity contribution is 6.35. The first-order chi connectivity index (χ1) is 18.6. The summed E-state index contributed by atoms with van der Waals surface area (Å²) in [5, 5.41) is 0. The summed E-state index contributed by atoms with van der Waals surface area (Å²) < 4.78 is 11.5. The summed E-state index contributed by atoms with van der Waals surface area (Å²) in [4.78, 5) is 24.2. The Morgan fingerprint density at radius 1 is 1.00 bits per heavy atom. The van der Waals surface area contributed by atoms with E-state index in [1.165, 1.54) is 11.1 Å². The maximum absolute atomic E-state index is 13.2. The smallest absolute Gasteiger partial charge is 0.410 e. The van der Waals surface area contributed by atoms with E-state index in [1.54, 1.807) is 0 Å². The molecule has 39 heavy (non-hydrogen) atoms. The van der Waals surface area contributed by atoms with Gasteiger partial charge in [0.1, 0.15) is 11.4 Å². The third-order valence-electron chi connectivity index (χ3n) is 7.63. The number of pyridine rings is 2. The molecule has 0 aliphatic carbocycles. The molecule has 2 N–H and O–H groups in total. The molecule has 202 valence electrons. The first-order valence-corrected chi connectivity index (χ1v) is 14.0. The lowest BCUT2D eigenvalue weighted by Crippen LogP contribution is -2.36. The van der Waals surface area contributed by atoms with Gasteiger partial charge in [0.2, 0.25) is 0 Å². The number of carbonyl (C=O) groups excluding carboxylic acids is 1. The minimum absolute atomic E-state index is 0.0237. The van der Waals surface area contributed by atoms with E-state index in [4.69, 9.17) is 15.2 Å². The average Bonchev–Trinajstić information content (AvgIpc) is 3.38. The Bertz CT molecular complexity index is 1350. The molecule has 2 saturated heterocycles. The van der Waals surface area contributed by atoms with Crippen LogP contribution >= 0.6 is 0 Å². The number of rotatable bonds is 4. The Balaban J connectivity index is 1.57. The molecule has 0 radical (unpaired) electrons. The zero-order chi connectivity index (χ0) is 27.7. The van der Waals surface area contributed by atoms with Crippen LogP contribution in [0.15, 0.2) is 42.6 Å². The number of nitrogens with zero attached hydrogens (tertiary/aromatic N) is 3. The zero-order valence-electron chi connectivity index (χ0n) is 23.8. The Labute approximate surface area is 233 Å². The summed E-state index contributed by atoms with van der Waals surface area (Å²) in [6, 6.07) is 12.9. The van der Waals surface area contributed by atoms with Gasteiger partial charge in [0, 0.05) is 37.1 Å². The van der Waals surface area contributed by atoms with E-state index in [1.807, 2.05) is 59.7 Å². The molecule has 5 rings (SSSR count). The predicted molar refractivity (Wildman–Crippen MR) is 161 cm³/mol. The quantitative estimate of drug-likeness (QED) is 0.529. The summed E-state index contributed by atoms with van der Waals surface area (Å²) in [5.41, 5.74) is 14.2. The van der Waals surface area contributed by atoms with E-state index in [0.29, 0.717) is 18.3 Å². The lowest BCUT2D eigenvalue weighted by molar-refractivity contribution is 0.0222. The van der Waals surface area contributed by atoms with Crippen LogP contribution in [-0.4, -0.2) is 62.0 Å². The topological polar surface area (TPSA) is 90.6 Å². The summed E-state index contributed by atoms with van der Waals surface area (Å²) in [7, 11) is 3.98. The second-order valence-electron chi connectivity index (χ2n) is 11.9. The van der Waals surface area contributed by atoms with Gasteiger partial charge in [-0.3, -0.25) is 4.98 Å². The van der Waals surface area contributed by atoms with Crippen molar-refractivity contribution in [3.05, 3.63) is 53.7 Å². The molecular weight excluding hydrogens is 486 g/mol. The van der Waals surface area contributed by atoms with Crippen LogP contribution in [0, 0.1) is 0 Å². The Morgan fingerprint density at radius 2 is 1.72 bits per heavy atom. The predicted octanol–water partition coefficient (Wildman–Crippen LogP) is 2.88. The van der Waals surface area contributed by atoms with E-state index < -0.39 is 5.60 Å². The van der Waals surface area contributed by atoms with Crippen LogP contribution in [0.2, 0.25) is 0 Å². The number of carbonyl (C=O) groups is 1. The number of benzene rings is 1. The molecule has 7 nitrogen and oxygen atoms in total. The normalized spacial score (nSPS) is 18.3. The van der Waals surface area contributed by atoms with Crippen molar-refractivity contribution in [3.8, 4) is 22.3 Å². The molecule has 0 unspecified atom stereocenters. The number of likely N-dealkylation sites (tertiary alicyclic amines) is 1. The number of hydrogen-bond donors (Lipinski definition) is 1. The highest BCUT2D eigenvalue weighted by atomic mass is 16.6. The molecule has 2 aliphatic heterocycles. The highest BCUT2D eigenvalue weighted by Crippen LogP contribution is 2.42. The maximum Gasteiger partial charge on any atom is 0.410 e. The van der Waals surface area contributed by atoms with Crippen molar-refractivity contribution in [3.63, 3.8) is 0 Å². The Hall–Kier alpha value is -3.32.